The van der Waals surface area contributed by atoms with E-state index in [2.05, 4.69) is 31.8 Å². The Bertz CT molecular complexity index is 1120. The normalized spacial score (nSPS) is 16.7. The van der Waals surface area contributed by atoms with Gasteiger partial charge in [0.2, 0.25) is 5.78 Å². The van der Waals surface area contributed by atoms with Crippen LogP contribution in [-0.4, -0.2) is 63.2 Å². The summed E-state index contributed by atoms with van der Waals surface area (Å²) in [7, 11) is -1.20. The van der Waals surface area contributed by atoms with Gasteiger partial charge in [0.25, 0.3) is 5.91 Å². The molecule has 1 amide bonds. The molecule has 1 aliphatic rings. The first-order chi connectivity index (χ1) is 19.5. The summed E-state index contributed by atoms with van der Waals surface area (Å²) in [6.45, 7) is 11.3. The van der Waals surface area contributed by atoms with E-state index in [1.807, 2.05) is 48.5 Å². The van der Waals surface area contributed by atoms with Crippen molar-refractivity contribution < 1.29 is 28.6 Å². The van der Waals surface area contributed by atoms with Crippen molar-refractivity contribution in [3.63, 3.8) is 0 Å². The lowest BCUT2D eigenvalue weighted by atomic mass is 9.87. The predicted octanol–water partition coefficient (Wildman–Crippen LogP) is 6.21. The van der Waals surface area contributed by atoms with Crippen molar-refractivity contribution in [1.82, 2.24) is 4.90 Å². The number of ketones is 1. The monoisotopic (exact) mass is 581 g/mol. The summed E-state index contributed by atoms with van der Waals surface area (Å²) in [6.07, 6.45) is 2.91. The first kappa shape index (κ1) is 32.7. The Kier molecular flexibility index (Phi) is 12.3. The SMILES string of the molecule is CC(C)(COCOCC[Si](C)(C)C)C(=O)C(=O)N1CCCC[C@H]1C(=O)O[C@H](CCc1ccccc1)c1ccccc1. The number of ether oxygens (including phenoxy) is 3. The number of benzene rings is 2. The standard InChI is InChI=1S/C33H47NO6Si/c1-33(2,24-39-25-38-22-23-41(3,4)5)30(35)31(36)34-21-13-12-18-28(34)32(37)40-29(27-16-10-7-11-17-27)20-19-26-14-8-6-9-15-26/h6-11,14-17,28-29H,12-13,18-25H2,1-5H3/t28-,29+/m0/s1. The topological polar surface area (TPSA) is 82.1 Å². The van der Waals surface area contributed by atoms with E-state index in [0.717, 1.165) is 36.4 Å². The molecule has 0 unspecified atom stereocenters. The van der Waals surface area contributed by atoms with Crippen molar-refractivity contribution in [2.24, 2.45) is 5.41 Å². The molecule has 224 valence electrons. The van der Waals surface area contributed by atoms with Gasteiger partial charge in [-0.1, -0.05) is 94.2 Å². The summed E-state index contributed by atoms with van der Waals surface area (Å²) in [6, 6.07) is 20.0. The summed E-state index contributed by atoms with van der Waals surface area (Å²) in [5, 5.41) is 0. The molecule has 1 heterocycles. The van der Waals surface area contributed by atoms with Crippen LogP contribution in [0.1, 0.15) is 56.8 Å². The zero-order valence-electron chi connectivity index (χ0n) is 25.4. The van der Waals surface area contributed by atoms with Crippen LogP contribution in [0.3, 0.4) is 0 Å². The Hall–Kier alpha value is -2.81. The number of esters is 1. The van der Waals surface area contributed by atoms with Crippen molar-refractivity contribution in [2.45, 2.75) is 83.8 Å². The molecule has 0 aromatic heterocycles. The molecule has 0 bridgehead atoms. The van der Waals surface area contributed by atoms with Crippen LogP contribution in [-0.2, 0) is 35.0 Å². The molecule has 8 heteroatoms. The summed E-state index contributed by atoms with van der Waals surface area (Å²) < 4.78 is 17.3. The smallest absolute Gasteiger partial charge is 0.329 e. The fourth-order valence-corrected chi connectivity index (χ4v) is 5.58. The highest BCUT2D eigenvalue weighted by Gasteiger charge is 2.42. The molecule has 1 fully saturated rings. The van der Waals surface area contributed by atoms with Crippen molar-refractivity contribution in [2.75, 3.05) is 26.6 Å². The van der Waals surface area contributed by atoms with E-state index in [1.54, 1.807) is 13.8 Å². The second-order valence-electron chi connectivity index (χ2n) is 12.8. The van der Waals surface area contributed by atoms with Crippen molar-refractivity contribution in [3.8, 4) is 0 Å². The highest BCUT2D eigenvalue weighted by atomic mass is 28.3. The summed E-state index contributed by atoms with van der Waals surface area (Å²) in [5.41, 5.74) is 1.02. The molecule has 0 N–H and O–H groups in total. The number of rotatable bonds is 15. The molecule has 1 aliphatic heterocycles. The summed E-state index contributed by atoms with van der Waals surface area (Å²) in [4.78, 5) is 41.8. The van der Waals surface area contributed by atoms with Crippen LogP contribution in [0.2, 0.25) is 25.7 Å². The fraction of sp³-hybridized carbons (Fsp3) is 0.545. The number of Topliss-reactive ketones (excluding diaryl/α,β-unsaturated/α-hetero) is 1. The molecule has 7 nitrogen and oxygen atoms in total. The molecule has 0 radical (unpaired) electrons. The zero-order valence-corrected chi connectivity index (χ0v) is 26.4. The third kappa shape index (κ3) is 10.5. The van der Waals surface area contributed by atoms with E-state index in [1.165, 1.54) is 4.90 Å². The fourth-order valence-electron chi connectivity index (χ4n) is 4.82. The van der Waals surface area contributed by atoms with Gasteiger partial charge in [-0.05, 0) is 49.3 Å². The van der Waals surface area contributed by atoms with E-state index < -0.39 is 43.3 Å². The molecule has 3 rings (SSSR count). The third-order valence-corrected chi connectivity index (χ3v) is 9.14. The number of hydrogen-bond donors (Lipinski definition) is 0. The Morgan fingerprint density at radius 2 is 1.61 bits per heavy atom. The molecule has 1 saturated heterocycles. The Morgan fingerprint density at radius 3 is 2.27 bits per heavy atom. The van der Waals surface area contributed by atoms with Crippen LogP contribution >= 0.6 is 0 Å². The molecule has 41 heavy (non-hydrogen) atoms. The third-order valence-electron chi connectivity index (χ3n) is 7.44. The van der Waals surface area contributed by atoms with Gasteiger partial charge in [0.15, 0.2) is 0 Å². The van der Waals surface area contributed by atoms with E-state index in [-0.39, 0.29) is 13.4 Å². The maximum Gasteiger partial charge on any atom is 0.329 e. The Morgan fingerprint density at radius 1 is 0.951 bits per heavy atom. The van der Waals surface area contributed by atoms with Crippen LogP contribution in [0.25, 0.3) is 0 Å². The average molecular weight is 582 g/mol. The lowest BCUT2D eigenvalue weighted by molar-refractivity contribution is -0.165. The van der Waals surface area contributed by atoms with Crippen LogP contribution in [0.5, 0.6) is 0 Å². The number of piperidine rings is 1. The van der Waals surface area contributed by atoms with Crippen LogP contribution in [0.15, 0.2) is 60.7 Å². The molecule has 0 aliphatic carbocycles. The Balaban J connectivity index is 1.62. The van der Waals surface area contributed by atoms with E-state index >= 15 is 0 Å². The van der Waals surface area contributed by atoms with Gasteiger partial charge in [-0.15, -0.1) is 0 Å². The minimum Gasteiger partial charge on any atom is -0.456 e. The van der Waals surface area contributed by atoms with Gasteiger partial charge in [0, 0.05) is 21.2 Å². The number of carbonyl (C=O) groups is 3. The van der Waals surface area contributed by atoms with Gasteiger partial charge in [0.1, 0.15) is 18.9 Å². The molecule has 2 aromatic rings. The van der Waals surface area contributed by atoms with Crippen LogP contribution < -0.4 is 0 Å². The second kappa shape index (κ2) is 15.4. The molecule has 0 spiro atoms. The van der Waals surface area contributed by atoms with Gasteiger partial charge in [-0.2, -0.15) is 0 Å². The number of amides is 1. The largest absolute Gasteiger partial charge is 0.456 e. The van der Waals surface area contributed by atoms with Crippen LogP contribution in [0.4, 0.5) is 0 Å². The van der Waals surface area contributed by atoms with Gasteiger partial charge in [-0.3, -0.25) is 9.59 Å². The molecule has 2 atom stereocenters. The first-order valence-corrected chi connectivity index (χ1v) is 18.5. The van der Waals surface area contributed by atoms with Gasteiger partial charge >= 0.3 is 5.97 Å². The summed E-state index contributed by atoms with van der Waals surface area (Å²) >= 11 is 0. The van der Waals surface area contributed by atoms with Gasteiger partial charge in [-0.25, -0.2) is 4.79 Å². The van der Waals surface area contributed by atoms with E-state index in [4.69, 9.17) is 14.2 Å². The van der Waals surface area contributed by atoms with Crippen LogP contribution in [0, 0.1) is 5.41 Å². The predicted molar refractivity (Wildman–Crippen MR) is 163 cm³/mol. The summed E-state index contributed by atoms with van der Waals surface area (Å²) in [5.74, 6) is -1.68. The highest BCUT2D eigenvalue weighted by molar-refractivity contribution is 6.76. The number of hydrogen-bond acceptors (Lipinski definition) is 6. The highest BCUT2D eigenvalue weighted by Crippen LogP contribution is 2.28. The zero-order chi connectivity index (χ0) is 29.9. The number of aryl methyl sites for hydroxylation is 1. The minimum atomic E-state index is -1.20. The number of likely N-dealkylation sites (tertiary alicyclic amines) is 1. The molecular weight excluding hydrogens is 534 g/mol. The maximum absolute atomic E-state index is 13.6. The number of carbonyl (C=O) groups excluding carboxylic acids is 3. The quantitative estimate of drug-likeness (QED) is 0.0818. The van der Waals surface area contributed by atoms with Crippen molar-refractivity contribution >= 4 is 25.7 Å². The second-order valence-corrected chi connectivity index (χ2v) is 18.4. The molecule has 0 saturated carbocycles. The maximum atomic E-state index is 13.6. The first-order valence-electron chi connectivity index (χ1n) is 14.8. The molecular formula is C33H47NO6Si. The Labute approximate surface area is 246 Å². The minimum absolute atomic E-state index is 0.0586. The van der Waals surface area contributed by atoms with E-state index in [0.29, 0.717) is 26.0 Å². The number of nitrogens with zero attached hydrogens (tertiary/aromatic N) is 1. The van der Waals surface area contributed by atoms with Gasteiger partial charge < -0.3 is 19.1 Å². The lowest BCUT2D eigenvalue weighted by Crippen LogP contribution is -2.53. The van der Waals surface area contributed by atoms with Crippen molar-refractivity contribution in [1.29, 1.82) is 0 Å². The van der Waals surface area contributed by atoms with Gasteiger partial charge in [0.05, 0.1) is 12.0 Å². The molecule has 2 aromatic carbocycles. The van der Waals surface area contributed by atoms with Crippen molar-refractivity contribution in [3.05, 3.63) is 71.8 Å². The lowest BCUT2D eigenvalue weighted by Gasteiger charge is -2.36. The average Bonchev–Trinajstić information content (AvgIpc) is 2.96. The van der Waals surface area contributed by atoms with E-state index in [9.17, 15) is 14.4 Å².